The summed E-state index contributed by atoms with van der Waals surface area (Å²) in [7, 11) is 0. The number of nitrogens with zero attached hydrogens (tertiary/aromatic N) is 1. The highest BCUT2D eigenvalue weighted by Crippen LogP contribution is 2.26. The predicted octanol–water partition coefficient (Wildman–Crippen LogP) is 2.99. The number of hydrogen-bond acceptors (Lipinski definition) is 7. The smallest absolute Gasteiger partial charge is 0.338 e. The van der Waals surface area contributed by atoms with Crippen LogP contribution in [0.25, 0.3) is 0 Å². The Labute approximate surface area is 197 Å². The van der Waals surface area contributed by atoms with Crippen molar-refractivity contribution in [2.75, 3.05) is 30.0 Å². The summed E-state index contributed by atoms with van der Waals surface area (Å²) in [5.41, 5.74) is 1.79. The third kappa shape index (κ3) is 6.28. The largest absolute Gasteiger partial charge is 0.462 e. The summed E-state index contributed by atoms with van der Waals surface area (Å²) in [5, 5.41) is 2.57. The van der Waals surface area contributed by atoms with Gasteiger partial charge in [0.2, 0.25) is 5.91 Å². The van der Waals surface area contributed by atoms with Crippen LogP contribution < -0.4 is 10.2 Å². The first kappa shape index (κ1) is 24.6. The lowest BCUT2D eigenvalue weighted by Gasteiger charge is -2.17. The van der Waals surface area contributed by atoms with Crippen LogP contribution in [0.3, 0.4) is 0 Å². The number of ketones is 1. The Hall–Kier alpha value is -4.01. The number of anilines is 2. The monoisotopic (exact) mass is 466 g/mol. The van der Waals surface area contributed by atoms with E-state index in [-0.39, 0.29) is 24.7 Å². The molecule has 34 heavy (non-hydrogen) atoms. The van der Waals surface area contributed by atoms with Gasteiger partial charge in [0.15, 0.2) is 12.4 Å². The molecule has 3 rings (SSSR count). The van der Waals surface area contributed by atoms with E-state index < -0.39 is 30.4 Å². The Morgan fingerprint density at radius 2 is 1.76 bits per heavy atom. The summed E-state index contributed by atoms with van der Waals surface area (Å²) >= 11 is 0. The van der Waals surface area contributed by atoms with Crippen molar-refractivity contribution in [3.8, 4) is 0 Å². The van der Waals surface area contributed by atoms with Gasteiger partial charge in [0.25, 0.3) is 5.91 Å². The summed E-state index contributed by atoms with van der Waals surface area (Å²) in [4.78, 5) is 61.8. The Morgan fingerprint density at radius 3 is 2.44 bits per heavy atom. The van der Waals surface area contributed by atoms with Crippen LogP contribution in [0.1, 0.15) is 47.4 Å². The molecule has 178 valence electrons. The molecule has 0 radical (unpaired) electrons. The Bertz CT molecular complexity index is 1090. The van der Waals surface area contributed by atoms with Gasteiger partial charge in [0, 0.05) is 29.9 Å². The lowest BCUT2D eigenvalue weighted by molar-refractivity contribution is -0.151. The van der Waals surface area contributed by atoms with E-state index in [4.69, 9.17) is 9.47 Å². The van der Waals surface area contributed by atoms with Crippen LogP contribution >= 0.6 is 0 Å². The highest BCUT2D eigenvalue weighted by molar-refractivity contribution is 6.01. The number of carbonyl (C=O) groups excluding carboxylic acids is 5. The molecule has 1 aliphatic rings. The molecule has 2 aromatic rings. The van der Waals surface area contributed by atoms with Crippen LogP contribution in [-0.2, 0) is 23.9 Å². The van der Waals surface area contributed by atoms with E-state index >= 15 is 0 Å². The molecule has 0 aliphatic carbocycles. The fourth-order valence-electron chi connectivity index (χ4n) is 3.44. The third-order valence-electron chi connectivity index (χ3n) is 5.21. The molecule has 0 aromatic heterocycles. The van der Waals surface area contributed by atoms with E-state index in [1.54, 1.807) is 42.5 Å². The zero-order chi connectivity index (χ0) is 24.7. The predicted molar refractivity (Wildman–Crippen MR) is 124 cm³/mol. The van der Waals surface area contributed by atoms with Crippen LogP contribution in [0.15, 0.2) is 48.5 Å². The van der Waals surface area contributed by atoms with Gasteiger partial charge in [-0.1, -0.05) is 19.1 Å². The number of carbonyl (C=O) groups is 5. The molecule has 1 heterocycles. The zero-order valence-electron chi connectivity index (χ0n) is 19.0. The Balaban J connectivity index is 1.51. The van der Waals surface area contributed by atoms with E-state index in [9.17, 15) is 24.0 Å². The van der Waals surface area contributed by atoms with Gasteiger partial charge in [-0.25, -0.2) is 4.79 Å². The van der Waals surface area contributed by atoms with Gasteiger partial charge in [-0.3, -0.25) is 19.2 Å². The summed E-state index contributed by atoms with van der Waals surface area (Å²) in [6.45, 7) is 3.25. The van der Waals surface area contributed by atoms with Crippen molar-refractivity contribution in [3.05, 3.63) is 59.7 Å². The van der Waals surface area contributed by atoms with Crippen LogP contribution in [-0.4, -0.2) is 49.3 Å². The Kier molecular flexibility index (Phi) is 8.13. The van der Waals surface area contributed by atoms with Crippen molar-refractivity contribution >= 4 is 40.9 Å². The maximum Gasteiger partial charge on any atom is 0.338 e. The molecule has 0 saturated carbocycles. The first-order valence-corrected chi connectivity index (χ1v) is 10.9. The molecule has 1 aliphatic heterocycles. The molecule has 1 atom stereocenters. The van der Waals surface area contributed by atoms with Gasteiger partial charge in [-0.05, 0) is 49.7 Å². The maximum atomic E-state index is 12.4. The van der Waals surface area contributed by atoms with E-state index in [0.717, 1.165) is 6.42 Å². The van der Waals surface area contributed by atoms with Gasteiger partial charge in [0.05, 0.1) is 18.1 Å². The molecule has 1 saturated heterocycles. The van der Waals surface area contributed by atoms with E-state index in [1.807, 2.05) is 6.92 Å². The lowest BCUT2D eigenvalue weighted by Crippen LogP contribution is -2.28. The maximum absolute atomic E-state index is 12.4. The minimum atomic E-state index is -0.712. The number of amides is 2. The second kappa shape index (κ2) is 11.2. The van der Waals surface area contributed by atoms with Crippen LogP contribution in [0.4, 0.5) is 11.4 Å². The second-order valence-electron chi connectivity index (χ2n) is 7.88. The summed E-state index contributed by atoms with van der Waals surface area (Å²) in [6.07, 6.45) is 0.680. The topological polar surface area (TPSA) is 119 Å². The zero-order valence-corrected chi connectivity index (χ0v) is 19.0. The van der Waals surface area contributed by atoms with Gasteiger partial charge in [0.1, 0.15) is 0 Å². The number of Topliss-reactive ketones (excluding diaryl/α,β-unsaturated/α-hetero) is 1. The number of benzene rings is 2. The number of hydrogen-bond donors (Lipinski definition) is 1. The standard InChI is InChI=1S/C25H26N2O7/c1-3-11-33-24(31)17-7-9-21(10-8-17)27-14-19(13-23(27)30)25(32)34-15-22(29)26-20-6-4-5-18(12-20)16(2)28/h4-10,12,19H,3,11,13-15H2,1-2H3,(H,26,29)/t19-/m0/s1. The highest BCUT2D eigenvalue weighted by Gasteiger charge is 2.36. The molecule has 2 amide bonds. The van der Waals surface area contributed by atoms with Gasteiger partial charge in [-0.15, -0.1) is 0 Å². The summed E-state index contributed by atoms with van der Waals surface area (Å²) < 4.78 is 10.2. The molecule has 1 fully saturated rings. The lowest BCUT2D eigenvalue weighted by atomic mass is 10.1. The normalized spacial score (nSPS) is 15.1. The van der Waals surface area contributed by atoms with Crippen molar-refractivity contribution in [2.45, 2.75) is 26.7 Å². The van der Waals surface area contributed by atoms with Crippen molar-refractivity contribution in [1.82, 2.24) is 0 Å². The summed E-state index contributed by atoms with van der Waals surface area (Å²) in [6, 6.07) is 12.8. The van der Waals surface area contributed by atoms with Crippen molar-refractivity contribution < 1.29 is 33.4 Å². The first-order valence-electron chi connectivity index (χ1n) is 10.9. The molecule has 0 unspecified atom stereocenters. The van der Waals surface area contributed by atoms with Crippen molar-refractivity contribution in [2.24, 2.45) is 5.92 Å². The second-order valence-corrected chi connectivity index (χ2v) is 7.88. The molecular formula is C25H26N2O7. The molecule has 2 aromatic carbocycles. The molecular weight excluding hydrogens is 440 g/mol. The Morgan fingerprint density at radius 1 is 1.03 bits per heavy atom. The third-order valence-corrected chi connectivity index (χ3v) is 5.21. The van der Waals surface area contributed by atoms with E-state index in [0.29, 0.717) is 29.1 Å². The van der Waals surface area contributed by atoms with E-state index in [1.165, 1.54) is 17.9 Å². The first-order chi connectivity index (χ1) is 16.3. The minimum absolute atomic E-state index is 0.0403. The fraction of sp³-hybridized carbons (Fsp3) is 0.320. The number of ether oxygens (including phenoxy) is 2. The average molecular weight is 466 g/mol. The van der Waals surface area contributed by atoms with Crippen LogP contribution in [0, 0.1) is 5.92 Å². The molecule has 1 N–H and O–H groups in total. The molecule has 0 bridgehead atoms. The van der Waals surface area contributed by atoms with Gasteiger partial charge in [-0.2, -0.15) is 0 Å². The average Bonchev–Trinajstić information content (AvgIpc) is 3.22. The SMILES string of the molecule is CCCOC(=O)c1ccc(N2C[C@@H](C(=O)OCC(=O)Nc3cccc(C(C)=O)c3)CC2=O)cc1. The number of nitrogens with one attached hydrogen (secondary N) is 1. The molecule has 0 spiro atoms. The van der Waals surface area contributed by atoms with Gasteiger partial charge < -0.3 is 19.7 Å². The van der Waals surface area contributed by atoms with Crippen LogP contribution in [0.2, 0.25) is 0 Å². The van der Waals surface area contributed by atoms with Gasteiger partial charge >= 0.3 is 11.9 Å². The van der Waals surface area contributed by atoms with Crippen LogP contribution in [0.5, 0.6) is 0 Å². The molecule has 9 nitrogen and oxygen atoms in total. The fourth-order valence-corrected chi connectivity index (χ4v) is 3.44. The summed E-state index contributed by atoms with van der Waals surface area (Å²) in [5.74, 6) is -2.74. The van der Waals surface area contributed by atoms with E-state index in [2.05, 4.69) is 5.32 Å². The van der Waals surface area contributed by atoms with Crippen molar-refractivity contribution in [3.63, 3.8) is 0 Å². The number of rotatable bonds is 9. The highest BCUT2D eigenvalue weighted by atomic mass is 16.5. The molecule has 9 heteroatoms. The quantitative estimate of drug-likeness (QED) is 0.446. The van der Waals surface area contributed by atoms with Crippen molar-refractivity contribution in [1.29, 1.82) is 0 Å². The number of esters is 2. The minimum Gasteiger partial charge on any atom is -0.462 e.